The summed E-state index contributed by atoms with van der Waals surface area (Å²) in [5.41, 5.74) is 5.22. The quantitative estimate of drug-likeness (QED) is 0.665. The Morgan fingerprint density at radius 1 is 1.17 bits per heavy atom. The third-order valence-electron chi connectivity index (χ3n) is 4.58. The summed E-state index contributed by atoms with van der Waals surface area (Å²) in [6, 6.07) is 12.1. The molecule has 1 atom stereocenters. The minimum atomic E-state index is -0.112. The summed E-state index contributed by atoms with van der Waals surface area (Å²) in [4.78, 5) is 17.0. The van der Waals surface area contributed by atoms with Gasteiger partial charge in [-0.05, 0) is 67.1 Å². The van der Waals surface area contributed by atoms with Gasteiger partial charge in [0, 0.05) is 5.56 Å². The second-order valence-corrected chi connectivity index (χ2v) is 7.34. The molecule has 0 radical (unpaired) electrons. The van der Waals surface area contributed by atoms with Crippen molar-refractivity contribution < 1.29 is 4.79 Å². The highest BCUT2D eigenvalue weighted by atomic mass is 32.1. The molecular formula is C20H22N2OS. The number of thiazole rings is 1. The van der Waals surface area contributed by atoms with Gasteiger partial charge in [-0.25, -0.2) is 4.98 Å². The van der Waals surface area contributed by atoms with Gasteiger partial charge in [0.25, 0.3) is 5.91 Å². The van der Waals surface area contributed by atoms with E-state index in [1.807, 2.05) is 38.1 Å². The number of rotatable bonds is 4. The van der Waals surface area contributed by atoms with Crippen molar-refractivity contribution in [3.05, 3.63) is 58.7 Å². The van der Waals surface area contributed by atoms with E-state index in [0.29, 0.717) is 16.6 Å². The number of nitrogens with one attached hydrogen (secondary N) is 1. The van der Waals surface area contributed by atoms with Crippen molar-refractivity contribution in [2.45, 2.75) is 40.0 Å². The fraction of sp³-hybridized carbons (Fsp3) is 0.300. The van der Waals surface area contributed by atoms with Gasteiger partial charge in [0.15, 0.2) is 5.13 Å². The van der Waals surface area contributed by atoms with Crippen LogP contribution in [0.5, 0.6) is 0 Å². The number of amides is 1. The predicted octanol–water partition coefficient (Wildman–Crippen LogP) is 5.68. The van der Waals surface area contributed by atoms with Crippen LogP contribution in [-0.2, 0) is 0 Å². The molecule has 0 saturated carbocycles. The molecule has 3 aromatic rings. The zero-order valence-corrected chi connectivity index (χ0v) is 15.3. The van der Waals surface area contributed by atoms with Crippen LogP contribution in [0.25, 0.3) is 10.2 Å². The maximum absolute atomic E-state index is 12.4. The maximum Gasteiger partial charge on any atom is 0.257 e. The normalized spacial score (nSPS) is 12.3. The number of hydrogen-bond acceptors (Lipinski definition) is 3. The molecule has 1 unspecified atom stereocenters. The molecule has 0 aliphatic carbocycles. The van der Waals surface area contributed by atoms with Crippen LogP contribution in [0.4, 0.5) is 5.13 Å². The molecule has 0 aliphatic rings. The van der Waals surface area contributed by atoms with Gasteiger partial charge in [0.05, 0.1) is 10.2 Å². The highest BCUT2D eigenvalue weighted by molar-refractivity contribution is 7.22. The molecule has 3 rings (SSSR count). The first-order valence-electron chi connectivity index (χ1n) is 8.27. The van der Waals surface area contributed by atoms with Crippen molar-refractivity contribution in [1.82, 2.24) is 4.98 Å². The Kier molecular flexibility index (Phi) is 4.67. The lowest BCUT2D eigenvalue weighted by Crippen LogP contribution is -2.11. The number of carbonyl (C=O) groups is 1. The van der Waals surface area contributed by atoms with E-state index in [-0.39, 0.29) is 5.91 Å². The van der Waals surface area contributed by atoms with E-state index in [2.05, 4.69) is 36.3 Å². The smallest absolute Gasteiger partial charge is 0.257 e. The van der Waals surface area contributed by atoms with Crippen molar-refractivity contribution >= 4 is 32.6 Å². The Morgan fingerprint density at radius 2 is 1.96 bits per heavy atom. The fourth-order valence-electron chi connectivity index (χ4n) is 2.59. The van der Waals surface area contributed by atoms with E-state index in [9.17, 15) is 4.79 Å². The van der Waals surface area contributed by atoms with Crippen molar-refractivity contribution in [2.24, 2.45) is 0 Å². The zero-order chi connectivity index (χ0) is 17.3. The highest BCUT2D eigenvalue weighted by Crippen LogP contribution is 2.30. The van der Waals surface area contributed by atoms with Crippen LogP contribution in [0.3, 0.4) is 0 Å². The molecule has 1 N–H and O–H groups in total. The summed E-state index contributed by atoms with van der Waals surface area (Å²) in [7, 11) is 0. The zero-order valence-electron chi connectivity index (χ0n) is 14.5. The number of nitrogens with zero attached hydrogens (tertiary/aromatic N) is 1. The summed E-state index contributed by atoms with van der Waals surface area (Å²) >= 11 is 1.53. The molecule has 1 heterocycles. The van der Waals surface area contributed by atoms with Gasteiger partial charge in [-0.3, -0.25) is 10.1 Å². The van der Waals surface area contributed by atoms with Gasteiger partial charge in [0.2, 0.25) is 0 Å². The van der Waals surface area contributed by atoms with E-state index in [0.717, 1.165) is 22.2 Å². The lowest BCUT2D eigenvalue weighted by Gasteiger charge is -2.07. The number of fused-ring (bicyclic) bond motifs is 1. The molecule has 2 aromatic carbocycles. The Hall–Kier alpha value is -2.20. The summed E-state index contributed by atoms with van der Waals surface area (Å²) in [6.07, 6.45) is 1.11. The van der Waals surface area contributed by atoms with E-state index in [4.69, 9.17) is 0 Å². The number of carbonyl (C=O) groups excluding carboxylic acids is 1. The average molecular weight is 338 g/mol. The molecule has 0 saturated heterocycles. The average Bonchev–Trinajstić information content (AvgIpc) is 2.97. The maximum atomic E-state index is 12.4. The Bertz CT molecular complexity index is 898. The van der Waals surface area contributed by atoms with Gasteiger partial charge in [-0.15, -0.1) is 0 Å². The Morgan fingerprint density at radius 3 is 2.67 bits per heavy atom. The second kappa shape index (κ2) is 6.73. The predicted molar refractivity (Wildman–Crippen MR) is 102 cm³/mol. The van der Waals surface area contributed by atoms with Crippen LogP contribution in [0.1, 0.15) is 53.2 Å². The van der Waals surface area contributed by atoms with Crippen LogP contribution in [0.15, 0.2) is 36.4 Å². The molecule has 124 valence electrons. The second-order valence-electron chi connectivity index (χ2n) is 6.31. The van der Waals surface area contributed by atoms with E-state index in [1.54, 1.807) is 0 Å². The Balaban J connectivity index is 1.84. The van der Waals surface area contributed by atoms with Crippen molar-refractivity contribution in [3.63, 3.8) is 0 Å². The third-order valence-corrected chi connectivity index (χ3v) is 5.52. The molecular weight excluding hydrogens is 316 g/mol. The van der Waals surface area contributed by atoms with E-state index in [1.165, 1.54) is 22.5 Å². The lowest BCUT2D eigenvalue weighted by molar-refractivity contribution is 0.102. The molecule has 1 aromatic heterocycles. The van der Waals surface area contributed by atoms with Crippen LogP contribution in [0, 0.1) is 13.8 Å². The number of anilines is 1. The topological polar surface area (TPSA) is 42.0 Å². The molecule has 0 spiro atoms. The Labute approximate surface area is 146 Å². The minimum absolute atomic E-state index is 0.112. The largest absolute Gasteiger partial charge is 0.298 e. The summed E-state index contributed by atoms with van der Waals surface area (Å²) in [6.45, 7) is 8.47. The standard InChI is InChI=1S/C20H22N2OS/c1-5-12(2)15-8-9-17-18(11-15)24-20(21-17)22-19(23)16-7-6-13(3)14(4)10-16/h6-12H,5H2,1-4H3,(H,21,22,23). The number of aryl methyl sites for hydroxylation is 2. The van der Waals surface area contributed by atoms with Gasteiger partial charge in [-0.1, -0.05) is 37.3 Å². The number of benzene rings is 2. The van der Waals surface area contributed by atoms with Crippen LogP contribution < -0.4 is 5.32 Å². The summed E-state index contributed by atoms with van der Waals surface area (Å²) < 4.78 is 1.11. The summed E-state index contributed by atoms with van der Waals surface area (Å²) in [5, 5.41) is 3.57. The van der Waals surface area contributed by atoms with E-state index < -0.39 is 0 Å². The highest BCUT2D eigenvalue weighted by Gasteiger charge is 2.12. The van der Waals surface area contributed by atoms with Gasteiger partial charge < -0.3 is 0 Å². The first-order chi connectivity index (χ1) is 11.5. The molecule has 0 bridgehead atoms. The van der Waals surface area contributed by atoms with Crippen molar-refractivity contribution in [1.29, 1.82) is 0 Å². The fourth-order valence-corrected chi connectivity index (χ4v) is 3.50. The monoisotopic (exact) mass is 338 g/mol. The first-order valence-corrected chi connectivity index (χ1v) is 9.08. The van der Waals surface area contributed by atoms with Gasteiger partial charge >= 0.3 is 0 Å². The minimum Gasteiger partial charge on any atom is -0.298 e. The summed E-state index contributed by atoms with van der Waals surface area (Å²) in [5.74, 6) is 0.421. The number of hydrogen-bond donors (Lipinski definition) is 1. The molecule has 3 nitrogen and oxygen atoms in total. The van der Waals surface area contributed by atoms with Crippen molar-refractivity contribution in [2.75, 3.05) is 5.32 Å². The molecule has 1 amide bonds. The van der Waals surface area contributed by atoms with E-state index >= 15 is 0 Å². The molecule has 0 aliphatic heterocycles. The first kappa shape index (κ1) is 16.7. The van der Waals surface area contributed by atoms with Crippen molar-refractivity contribution in [3.8, 4) is 0 Å². The van der Waals surface area contributed by atoms with Crippen LogP contribution >= 0.6 is 11.3 Å². The van der Waals surface area contributed by atoms with Gasteiger partial charge in [-0.2, -0.15) is 0 Å². The van der Waals surface area contributed by atoms with Gasteiger partial charge in [0.1, 0.15) is 0 Å². The molecule has 24 heavy (non-hydrogen) atoms. The number of aromatic nitrogens is 1. The third kappa shape index (κ3) is 3.34. The SMILES string of the molecule is CCC(C)c1ccc2nc(NC(=O)c3ccc(C)c(C)c3)sc2c1. The van der Waals surface area contributed by atoms with Crippen LogP contribution in [0.2, 0.25) is 0 Å². The molecule has 0 fully saturated rings. The van der Waals surface area contributed by atoms with Crippen LogP contribution in [-0.4, -0.2) is 10.9 Å². The lowest BCUT2D eigenvalue weighted by atomic mass is 9.99. The molecule has 4 heteroatoms.